The van der Waals surface area contributed by atoms with Crippen molar-refractivity contribution in [2.45, 2.75) is 19.4 Å². The highest BCUT2D eigenvalue weighted by atomic mass is 35.5. The molecule has 0 aromatic heterocycles. The zero-order valence-electron chi connectivity index (χ0n) is 5.63. The fourth-order valence-electron chi connectivity index (χ4n) is 1.17. The molecule has 2 atom stereocenters. The highest BCUT2D eigenvalue weighted by molar-refractivity contribution is 5.85. The maximum atomic E-state index is 8.64. The number of nitrogens with one attached hydrogen (secondary N) is 1. The zero-order valence-corrected chi connectivity index (χ0v) is 6.45. The quantitative estimate of drug-likeness (QED) is 0.569. The molecule has 0 bridgehead atoms. The summed E-state index contributed by atoms with van der Waals surface area (Å²) in [6.45, 7) is 3.49. The van der Waals surface area contributed by atoms with Gasteiger partial charge < -0.3 is 10.4 Å². The molecule has 1 aliphatic rings. The Balaban J connectivity index is 0.000000640. The van der Waals surface area contributed by atoms with E-state index in [9.17, 15) is 0 Å². The van der Waals surface area contributed by atoms with Crippen LogP contribution in [0.5, 0.6) is 0 Å². The molecule has 1 aliphatic heterocycles. The summed E-state index contributed by atoms with van der Waals surface area (Å²) in [5.74, 6) is 0.519. The van der Waals surface area contributed by atoms with Gasteiger partial charge in [0.1, 0.15) is 0 Å². The van der Waals surface area contributed by atoms with Crippen LogP contribution in [0, 0.1) is 5.92 Å². The van der Waals surface area contributed by atoms with E-state index in [4.69, 9.17) is 5.11 Å². The molecule has 1 rings (SSSR count). The van der Waals surface area contributed by atoms with Crippen molar-refractivity contribution in [2.24, 2.45) is 5.92 Å². The Bertz CT molecular complexity index is 79.5. The van der Waals surface area contributed by atoms with Gasteiger partial charge in [0.2, 0.25) is 0 Å². The molecule has 2 unspecified atom stereocenters. The van der Waals surface area contributed by atoms with Crippen LogP contribution in [-0.2, 0) is 0 Å². The van der Waals surface area contributed by atoms with E-state index in [1.165, 1.54) is 0 Å². The summed E-state index contributed by atoms with van der Waals surface area (Å²) in [5, 5.41) is 11.9. The summed E-state index contributed by atoms with van der Waals surface area (Å²) in [4.78, 5) is 0. The van der Waals surface area contributed by atoms with Crippen molar-refractivity contribution < 1.29 is 5.11 Å². The number of hydrogen-bond donors (Lipinski definition) is 2. The molecule has 0 amide bonds. The van der Waals surface area contributed by atoms with Crippen molar-refractivity contribution in [3.8, 4) is 0 Å². The Morgan fingerprint density at radius 2 is 2.33 bits per heavy atom. The largest absolute Gasteiger partial charge is 0.396 e. The summed E-state index contributed by atoms with van der Waals surface area (Å²) in [7, 11) is 0. The molecule has 0 spiro atoms. The zero-order chi connectivity index (χ0) is 5.98. The minimum absolute atomic E-state index is 0. The molecular weight excluding hydrogens is 138 g/mol. The van der Waals surface area contributed by atoms with Gasteiger partial charge in [-0.25, -0.2) is 0 Å². The SMILES string of the molecule is CC1CC(CO)CN1.Cl. The monoisotopic (exact) mass is 151 g/mol. The first-order chi connectivity index (χ1) is 3.83. The van der Waals surface area contributed by atoms with Crippen LogP contribution >= 0.6 is 12.4 Å². The van der Waals surface area contributed by atoms with Crippen LogP contribution in [0.1, 0.15) is 13.3 Å². The summed E-state index contributed by atoms with van der Waals surface area (Å²) >= 11 is 0. The highest BCUT2D eigenvalue weighted by Gasteiger charge is 2.18. The number of hydrogen-bond acceptors (Lipinski definition) is 2. The summed E-state index contributed by atoms with van der Waals surface area (Å²) in [6.07, 6.45) is 1.14. The smallest absolute Gasteiger partial charge is 0.0471 e. The molecular formula is C6H14ClNO. The lowest BCUT2D eigenvalue weighted by atomic mass is 10.1. The van der Waals surface area contributed by atoms with E-state index in [0.29, 0.717) is 18.6 Å². The lowest BCUT2D eigenvalue weighted by Crippen LogP contribution is -2.17. The van der Waals surface area contributed by atoms with E-state index >= 15 is 0 Å². The van der Waals surface area contributed by atoms with Gasteiger partial charge in [-0.1, -0.05) is 0 Å². The number of halogens is 1. The Labute approximate surface area is 62.1 Å². The summed E-state index contributed by atoms with van der Waals surface area (Å²) in [6, 6.07) is 0.618. The molecule has 1 fully saturated rings. The maximum absolute atomic E-state index is 8.64. The second kappa shape index (κ2) is 4.09. The van der Waals surface area contributed by atoms with Crippen LogP contribution in [-0.4, -0.2) is 24.3 Å². The van der Waals surface area contributed by atoms with Crippen molar-refractivity contribution in [2.75, 3.05) is 13.2 Å². The Morgan fingerprint density at radius 1 is 1.67 bits per heavy atom. The first-order valence-corrected chi connectivity index (χ1v) is 3.17. The van der Waals surface area contributed by atoms with E-state index in [2.05, 4.69) is 12.2 Å². The third kappa shape index (κ3) is 2.52. The molecule has 1 saturated heterocycles. The van der Waals surface area contributed by atoms with Crippen molar-refractivity contribution in [1.29, 1.82) is 0 Å². The molecule has 2 N–H and O–H groups in total. The first kappa shape index (κ1) is 9.21. The molecule has 0 saturated carbocycles. The topological polar surface area (TPSA) is 32.3 Å². The maximum Gasteiger partial charge on any atom is 0.0471 e. The predicted molar refractivity (Wildman–Crippen MR) is 39.9 cm³/mol. The van der Waals surface area contributed by atoms with Crippen LogP contribution in [0.15, 0.2) is 0 Å². The van der Waals surface area contributed by atoms with Gasteiger partial charge in [0, 0.05) is 19.2 Å². The molecule has 2 nitrogen and oxygen atoms in total. The number of aliphatic hydroxyl groups excluding tert-OH is 1. The highest BCUT2D eigenvalue weighted by Crippen LogP contribution is 2.11. The Morgan fingerprint density at radius 3 is 2.56 bits per heavy atom. The molecule has 0 radical (unpaired) electrons. The van der Waals surface area contributed by atoms with Crippen molar-refractivity contribution >= 4 is 12.4 Å². The van der Waals surface area contributed by atoms with E-state index in [-0.39, 0.29) is 12.4 Å². The minimum atomic E-state index is 0. The Hall–Kier alpha value is 0.210. The standard InChI is InChI=1S/C6H13NO.ClH/c1-5-2-6(4-8)3-7-5;/h5-8H,2-4H2,1H3;1H. The fourth-order valence-corrected chi connectivity index (χ4v) is 1.17. The molecule has 56 valence electrons. The molecule has 9 heavy (non-hydrogen) atoms. The molecule has 3 heteroatoms. The normalized spacial score (nSPS) is 34.0. The second-order valence-corrected chi connectivity index (χ2v) is 2.59. The molecule has 0 aromatic carbocycles. The van der Waals surface area contributed by atoms with Crippen LogP contribution in [0.3, 0.4) is 0 Å². The third-order valence-corrected chi connectivity index (χ3v) is 1.70. The van der Waals surface area contributed by atoms with Crippen LogP contribution in [0.4, 0.5) is 0 Å². The van der Waals surface area contributed by atoms with Gasteiger partial charge in [-0.15, -0.1) is 12.4 Å². The first-order valence-electron chi connectivity index (χ1n) is 3.17. The van der Waals surface area contributed by atoms with E-state index in [0.717, 1.165) is 13.0 Å². The van der Waals surface area contributed by atoms with Gasteiger partial charge in [-0.2, -0.15) is 0 Å². The van der Waals surface area contributed by atoms with E-state index in [1.54, 1.807) is 0 Å². The van der Waals surface area contributed by atoms with Crippen LogP contribution in [0.2, 0.25) is 0 Å². The average molecular weight is 152 g/mol. The summed E-state index contributed by atoms with van der Waals surface area (Å²) < 4.78 is 0. The van der Waals surface area contributed by atoms with Gasteiger partial charge in [-0.05, 0) is 19.3 Å². The fraction of sp³-hybridized carbons (Fsp3) is 1.00. The molecule has 0 aromatic rings. The van der Waals surface area contributed by atoms with Crippen molar-refractivity contribution in [3.05, 3.63) is 0 Å². The van der Waals surface area contributed by atoms with Crippen molar-refractivity contribution in [3.63, 3.8) is 0 Å². The van der Waals surface area contributed by atoms with Crippen molar-refractivity contribution in [1.82, 2.24) is 5.32 Å². The van der Waals surface area contributed by atoms with Crippen LogP contribution < -0.4 is 5.32 Å². The van der Waals surface area contributed by atoms with Gasteiger partial charge >= 0.3 is 0 Å². The van der Waals surface area contributed by atoms with Gasteiger partial charge in [-0.3, -0.25) is 0 Å². The number of rotatable bonds is 1. The lowest BCUT2D eigenvalue weighted by Gasteiger charge is -1.99. The van der Waals surface area contributed by atoms with Gasteiger partial charge in [0.05, 0.1) is 0 Å². The summed E-state index contributed by atoms with van der Waals surface area (Å²) in [5.41, 5.74) is 0. The minimum Gasteiger partial charge on any atom is -0.396 e. The molecule has 0 aliphatic carbocycles. The second-order valence-electron chi connectivity index (χ2n) is 2.59. The van der Waals surface area contributed by atoms with Crippen LogP contribution in [0.25, 0.3) is 0 Å². The third-order valence-electron chi connectivity index (χ3n) is 1.70. The van der Waals surface area contributed by atoms with E-state index < -0.39 is 0 Å². The average Bonchev–Trinajstić information content (AvgIpc) is 2.14. The van der Waals surface area contributed by atoms with Gasteiger partial charge in [0.15, 0.2) is 0 Å². The predicted octanol–water partition coefficient (Wildman–Crippen LogP) is 0.399. The number of aliphatic hydroxyl groups is 1. The van der Waals surface area contributed by atoms with Gasteiger partial charge in [0.25, 0.3) is 0 Å². The Kier molecular flexibility index (Phi) is 4.19. The molecule has 1 heterocycles. The van der Waals surface area contributed by atoms with E-state index in [1.807, 2.05) is 0 Å². The lowest BCUT2D eigenvalue weighted by molar-refractivity contribution is 0.236.